The summed E-state index contributed by atoms with van der Waals surface area (Å²) in [4.78, 5) is 0. The molecule has 4 rings (SSSR count). The summed E-state index contributed by atoms with van der Waals surface area (Å²) in [5, 5.41) is 4.91. The maximum Gasteiger partial charge on any atom is 0.179 e. The van der Waals surface area contributed by atoms with E-state index in [2.05, 4.69) is 48.5 Å². The Hall–Kier alpha value is -3.70. The topological polar surface area (TPSA) is 104 Å². The van der Waals surface area contributed by atoms with Crippen LogP contribution in [0.5, 0.6) is 0 Å². The maximum atomic E-state index is 6.01. The van der Waals surface area contributed by atoms with E-state index < -0.39 is 8.07 Å². The van der Waals surface area contributed by atoms with Gasteiger partial charge in [0.25, 0.3) is 0 Å². The second-order valence-corrected chi connectivity index (χ2v) is 11.0. The Morgan fingerprint density at radius 1 is 0.310 bits per heavy atom. The van der Waals surface area contributed by atoms with Crippen LogP contribution in [0.1, 0.15) is 0 Å². The average molecular weight is 397 g/mol. The predicted molar refractivity (Wildman–Crippen MR) is 128 cm³/mol. The van der Waals surface area contributed by atoms with Gasteiger partial charge in [0.1, 0.15) is 0 Å². The van der Waals surface area contributed by atoms with Crippen molar-refractivity contribution >= 4 is 51.6 Å². The first-order valence-electron chi connectivity index (χ1n) is 9.44. The van der Waals surface area contributed by atoms with Crippen molar-refractivity contribution in [2.75, 3.05) is 22.9 Å². The zero-order valence-electron chi connectivity index (χ0n) is 16.0. The van der Waals surface area contributed by atoms with E-state index in [1.165, 1.54) is 20.7 Å². The molecule has 0 aliphatic carbocycles. The van der Waals surface area contributed by atoms with Gasteiger partial charge in [0.05, 0.1) is 0 Å². The molecule has 0 amide bonds. The lowest BCUT2D eigenvalue weighted by Crippen LogP contribution is -2.74. The lowest BCUT2D eigenvalue weighted by molar-refractivity contribution is 1.64. The molecule has 4 nitrogen and oxygen atoms in total. The average Bonchev–Trinajstić information content (AvgIpc) is 2.73. The van der Waals surface area contributed by atoms with Gasteiger partial charge in [-0.2, -0.15) is 0 Å². The van der Waals surface area contributed by atoms with Gasteiger partial charge >= 0.3 is 0 Å². The van der Waals surface area contributed by atoms with E-state index >= 15 is 0 Å². The van der Waals surface area contributed by atoms with Gasteiger partial charge in [-0.1, -0.05) is 48.5 Å². The summed E-state index contributed by atoms with van der Waals surface area (Å²) in [5.74, 6) is 0. The van der Waals surface area contributed by atoms with E-state index in [0.717, 1.165) is 22.7 Å². The van der Waals surface area contributed by atoms with Crippen molar-refractivity contribution < 1.29 is 0 Å². The molecular formula is C24H24N4Si. The summed E-state index contributed by atoms with van der Waals surface area (Å²) >= 11 is 0. The molecule has 5 heteroatoms. The lowest BCUT2D eigenvalue weighted by Gasteiger charge is -2.34. The Morgan fingerprint density at radius 3 is 0.655 bits per heavy atom. The van der Waals surface area contributed by atoms with E-state index in [0.29, 0.717) is 0 Å². The highest BCUT2D eigenvalue weighted by molar-refractivity contribution is 7.19. The van der Waals surface area contributed by atoms with Crippen LogP contribution in [-0.4, -0.2) is 8.07 Å². The molecule has 0 saturated heterocycles. The number of hydrogen-bond donors (Lipinski definition) is 4. The predicted octanol–water partition coefficient (Wildman–Crippen LogP) is 1.39. The molecule has 0 radical (unpaired) electrons. The first kappa shape index (κ1) is 18.7. The molecule has 0 bridgehead atoms. The molecule has 0 saturated carbocycles. The van der Waals surface area contributed by atoms with Crippen molar-refractivity contribution in [3.63, 3.8) is 0 Å². The van der Waals surface area contributed by atoms with Crippen molar-refractivity contribution in [2.24, 2.45) is 0 Å². The molecule has 0 heterocycles. The zero-order valence-corrected chi connectivity index (χ0v) is 17.0. The summed E-state index contributed by atoms with van der Waals surface area (Å²) in [5.41, 5.74) is 27.0. The molecule has 4 aromatic rings. The van der Waals surface area contributed by atoms with Gasteiger partial charge in [0.15, 0.2) is 8.07 Å². The van der Waals surface area contributed by atoms with Crippen molar-refractivity contribution in [3.05, 3.63) is 97.1 Å². The van der Waals surface area contributed by atoms with E-state index in [4.69, 9.17) is 22.9 Å². The minimum Gasteiger partial charge on any atom is -0.399 e. The summed E-state index contributed by atoms with van der Waals surface area (Å²) in [7, 11) is -2.61. The van der Waals surface area contributed by atoms with E-state index in [1.54, 1.807) is 0 Å². The number of anilines is 4. The van der Waals surface area contributed by atoms with Crippen molar-refractivity contribution in [1.29, 1.82) is 0 Å². The first-order valence-corrected chi connectivity index (χ1v) is 11.4. The van der Waals surface area contributed by atoms with Crippen LogP contribution >= 0.6 is 0 Å². The second-order valence-electron chi connectivity index (χ2n) is 7.24. The van der Waals surface area contributed by atoms with Gasteiger partial charge < -0.3 is 22.9 Å². The molecule has 0 aromatic heterocycles. The molecule has 4 aromatic carbocycles. The molecule has 0 aliphatic rings. The molecular weight excluding hydrogens is 372 g/mol. The van der Waals surface area contributed by atoms with Crippen molar-refractivity contribution in [3.8, 4) is 0 Å². The molecule has 0 aliphatic heterocycles. The maximum absolute atomic E-state index is 6.01. The Bertz CT molecular complexity index is 916. The van der Waals surface area contributed by atoms with Crippen LogP contribution < -0.4 is 43.7 Å². The summed E-state index contributed by atoms with van der Waals surface area (Å²) < 4.78 is 0. The molecule has 144 valence electrons. The van der Waals surface area contributed by atoms with Gasteiger partial charge in [-0.3, -0.25) is 0 Å². The number of hydrogen-bond acceptors (Lipinski definition) is 4. The van der Waals surface area contributed by atoms with Crippen LogP contribution in [0.4, 0.5) is 22.7 Å². The number of nitrogens with two attached hydrogens (primary N) is 4. The number of nitrogen functional groups attached to an aromatic ring is 4. The highest BCUT2D eigenvalue weighted by atomic mass is 28.3. The standard InChI is InChI=1S/C24H24N4Si/c25-17-1-9-21(10-2-17)29(22-11-3-18(26)4-12-22,23-13-5-19(27)6-14-23)24-15-7-20(28)8-16-24/h1-16H,25-28H2. The van der Waals surface area contributed by atoms with Gasteiger partial charge in [0.2, 0.25) is 0 Å². The Kier molecular flexibility index (Phi) is 4.74. The zero-order chi connectivity index (χ0) is 20.4. The van der Waals surface area contributed by atoms with Crippen LogP contribution in [0.3, 0.4) is 0 Å². The number of rotatable bonds is 4. The van der Waals surface area contributed by atoms with E-state index in [1.807, 2.05) is 48.5 Å². The van der Waals surface area contributed by atoms with Gasteiger partial charge in [-0.05, 0) is 69.3 Å². The van der Waals surface area contributed by atoms with Crippen LogP contribution in [0.15, 0.2) is 97.1 Å². The molecule has 8 N–H and O–H groups in total. The van der Waals surface area contributed by atoms with Crippen molar-refractivity contribution in [2.45, 2.75) is 0 Å². The minimum absolute atomic E-state index is 0.739. The quantitative estimate of drug-likeness (QED) is 0.238. The van der Waals surface area contributed by atoms with Gasteiger partial charge in [0, 0.05) is 22.7 Å². The highest BCUT2D eigenvalue weighted by Gasteiger charge is 2.41. The number of benzene rings is 4. The van der Waals surface area contributed by atoms with E-state index in [9.17, 15) is 0 Å². The van der Waals surface area contributed by atoms with Gasteiger partial charge in [-0.15, -0.1) is 0 Å². The van der Waals surface area contributed by atoms with Crippen LogP contribution in [-0.2, 0) is 0 Å². The molecule has 0 unspecified atom stereocenters. The Morgan fingerprint density at radius 2 is 0.483 bits per heavy atom. The molecule has 0 spiro atoms. The summed E-state index contributed by atoms with van der Waals surface area (Å²) in [6, 6.07) is 32.7. The smallest absolute Gasteiger partial charge is 0.179 e. The SMILES string of the molecule is Nc1ccc([Si](c2ccc(N)cc2)(c2ccc(N)cc2)c2ccc(N)cc2)cc1. The first-order chi connectivity index (χ1) is 14.0. The fourth-order valence-corrected chi connectivity index (χ4v) is 8.60. The van der Waals surface area contributed by atoms with E-state index in [-0.39, 0.29) is 0 Å². The largest absolute Gasteiger partial charge is 0.399 e. The molecule has 29 heavy (non-hydrogen) atoms. The fourth-order valence-electron chi connectivity index (χ4n) is 3.93. The Balaban J connectivity index is 2.11. The molecule has 0 atom stereocenters. The van der Waals surface area contributed by atoms with Crippen molar-refractivity contribution in [1.82, 2.24) is 0 Å². The molecule has 0 fully saturated rings. The highest BCUT2D eigenvalue weighted by Crippen LogP contribution is 2.14. The third-order valence-corrected chi connectivity index (χ3v) is 10.2. The second kappa shape index (κ2) is 7.37. The van der Waals surface area contributed by atoms with Crippen LogP contribution in [0, 0.1) is 0 Å². The lowest BCUT2D eigenvalue weighted by atomic mass is 10.3. The third kappa shape index (κ3) is 3.32. The third-order valence-electron chi connectivity index (χ3n) is 5.37. The summed E-state index contributed by atoms with van der Waals surface area (Å²) in [6.07, 6.45) is 0. The summed E-state index contributed by atoms with van der Waals surface area (Å²) in [6.45, 7) is 0. The minimum atomic E-state index is -2.61. The fraction of sp³-hybridized carbons (Fsp3) is 0. The van der Waals surface area contributed by atoms with Crippen LogP contribution in [0.25, 0.3) is 0 Å². The van der Waals surface area contributed by atoms with Gasteiger partial charge in [-0.25, -0.2) is 0 Å². The monoisotopic (exact) mass is 396 g/mol. The van der Waals surface area contributed by atoms with Crippen LogP contribution in [0.2, 0.25) is 0 Å². The normalized spacial score (nSPS) is 11.3. The Labute approximate surface area is 171 Å².